The lowest BCUT2D eigenvalue weighted by molar-refractivity contribution is -0.0366. The number of rotatable bonds is 2. The lowest BCUT2D eigenvalue weighted by Crippen LogP contribution is -2.19. The molecule has 0 bridgehead atoms. The first-order valence-corrected chi connectivity index (χ1v) is 8.99. The van der Waals surface area contributed by atoms with Crippen LogP contribution in [0.3, 0.4) is 0 Å². The van der Waals surface area contributed by atoms with Gasteiger partial charge in [-0.05, 0) is 55.7 Å². The van der Waals surface area contributed by atoms with Crippen LogP contribution in [0, 0.1) is 0 Å². The van der Waals surface area contributed by atoms with E-state index in [1.165, 1.54) is 49.5 Å². The number of hydrogen-bond donors (Lipinski definition) is 0. The Balaban J connectivity index is 1.76. The number of ether oxygens (including phenoxy) is 1. The van der Waals surface area contributed by atoms with Gasteiger partial charge in [0.05, 0.1) is 11.7 Å². The zero-order valence-electron chi connectivity index (χ0n) is 12.9. The van der Waals surface area contributed by atoms with E-state index >= 15 is 0 Å². The van der Waals surface area contributed by atoms with Crippen molar-refractivity contribution in [3.8, 4) is 0 Å². The van der Waals surface area contributed by atoms with Gasteiger partial charge in [-0.2, -0.15) is 5.10 Å². The van der Waals surface area contributed by atoms with Crippen molar-refractivity contribution < 1.29 is 4.74 Å². The number of fused-ring (bicyclic) bond motifs is 1. The van der Waals surface area contributed by atoms with E-state index < -0.39 is 0 Å². The van der Waals surface area contributed by atoms with E-state index in [0.717, 1.165) is 30.0 Å². The average molecular weight is 319 g/mol. The highest BCUT2D eigenvalue weighted by atomic mass is 35.5. The lowest BCUT2D eigenvalue weighted by Gasteiger charge is -2.25. The average Bonchev–Trinajstić information content (AvgIpc) is 2.99. The molecule has 0 N–H and O–H groups in total. The van der Waals surface area contributed by atoms with Crippen molar-refractivity contribution in [1.82, 2.24) is 9.78 Å². The maximum atomic E-state index is 6.43. The maximum absolute atomic E-state index is 6.43. The van der Waals surface area contributed by atoms with Crippen molar-refractivity contribution >= 4 is 22.5 Å². The summed E-state index contributed by atoms with van der Waals surface area (Å²) in [6.07, 6.45) is 12.1. The van der Waals surface area contributed by atoms with Crippen LogP contribution in [0.5, 0.6) is 0 Å². The standard InChI is InChI=1S/C18H23ClN2O/c19-14-10-15(13-6-2-1-3-7-13)16-12-20-21(17(16)11-14)18-8-4-5-9-22-18/h10-13,18H,1-9H2. The largest absolute Gasteiger partial charge is 0.356 e. The summed E-state index contributed by atoms with van der Waals surface area (Å²) in [4.78, 5) is 0. The Morgan fingerprint density at radius 2 is 1.86 bits per heavy atom. The highest BCUT2D eigenvalue weighted by molar-refractivity contribution is 6.31. The molecule has 3 nitrogen and oxygen atoms in total. The summed E-state index contributed by atoms with van der Waals surface area (Å²) in [5, 5.41) is 6.74. The topological polar surface area (TPSA) is 27.1 Å². The number of hydrogen-bond acceptors (Lipinski definition) is 2. The molecular formula is C18H23ClN2O. The molecule has 0 spiro atoms. The van der Waals surface area contributed by atoms with Gasteiger partial charge in [-0.15, -0.1) is 0 Å². The second kappa shape index (κ2) is 6.21. The third kappa shape index (κ3) is 2.65. The fourth-order valence-corrected chi connectivity index (χ4v) is 4.25. The van der Waals surface area contributed by atoms with Gasteiger partial charge in [0.25, 0.3) is 0 Å². The molecule has 22 heavy (non-hydrogen) atoms. The molecule has 1 aromatic heterocycles. The Morgan fingerprint density at radius 3 is 2.64 bits per heavy atom. The predicted octanol–water partition coefficient (Wildman–Crippen LogP) is 5.44. The van der Waals surface area contributed by atoms with Crippen LogP contribution in [0.1, 0.15) is 69.1 Å². The smallest absolute Gasteiger partial charge is 0.150 e. The molecule has 1 saturated carbocycles. The molecule has 1 aliphatic carbocycles. The van der Waals surface area contributed by atoms with Gasteiger partial charge < -0.3 is 4.74 Å². The van der Waals surface area contributed by atoms with Gasteiger partial charge in [0.15, 0.2) is 6.23 Å². The molecule has 4 rings (SSSR count). The van der Waals surface area contributed by atoms with Crippen molar-refractivity contribution in [1.29, 1.82) is 0 Å². The van der Waals surface area contributed by atoms with Gasteiger partial charge in [-0.1, -0.05) is 30.9 Å². The number of benzene rings is 1. The summed E-state index contributed by atoms with van der Waals surface area (Å²) in [5.74, 6) is 0.639. The molecular weight excluding hydrogens is 296 g/mol. The number of halogens is 1. The van der Waals surface area contributed by atoms with Gasteiger partial charge in [-0.25, -0.2) is 4.68 Å². The third-order valence-corrected chi connectivity index (χ3v) is 5.40. The Bertz CT molecular complexity index is 654. The summed E-state index contributed by atoms with van der Waals surface area (Å²) >= 11 is 6.43. The second-order valence-corrected chi connectivity index (χ2v) is 7.11. The predicted molar refractivity (Wildman–Crippen MR) is 89.4 cm³/mol. The minimum Gasteiger partial charge on any atom is -0.356 e. The Kier molecular flexibility index (Phi) is 4.10. The molecule has 1 aromatic carbocycles. The van der Waals surface area contributed by atoms with Crippen LogP contribution in [0.25, 0.3) is 10.9 Å². The van der Waals surface area contributed by atoms with E-state index in [4.69, 9.17) is 16.3 Å². The van der Waals surface area contributed by atoms with E-state index in [2.05, 4.69) is 11.2 Å². The molecule has 1 aliphatic heterocycles. The lowest BCUT2D eigenvalue weighted by atomic mass is 9.83. The number of nitrogens with zero attached hydrogens (tertiary/aromatic N) is 2. The minimum absolute atomic E-state index is 0.0731. The maximum Gasteiger partial charge on any atom is 0.150 e. The van der Waals surface area contributed by atoms with Crippen LogP contribution >= 0.6 is 11.6 Å². The van der Waals surface area contributed by atoms with Crippen molar-refractivity contribution in [3.05, 3.63) is 28.9 Å². The van der Waals surface area contributed by atoms with Crippen molar-refractivity contribution in [2.24, 2.45) is 0 Å². The zero-order chi connectivity index (χ0) is 14.9. The molecule has 4 heteroatoms. The van der Waals surface area contributed by atoms with Crippen LogP contribution in [0.2, 0.25) is 5.02 Å². The Labute approximate surface area is 136 Å². The summed E-state index contributed by atoms with van der Waals surface area (Å²) in [6, 6.07) is 4.21. The van der Waals surface area contributed by atoms with Crippen LogP contribution in [-0.2, 0) is 4.74 Å². The third-order valence-electron chi connectivity index (χ3n) is 5.19. The van der Waals surface area contributed by atoms with Crippen molar-refractivity contribution in [2.75, 3.05) is 6.61 Å². The summed E-state index contributed by atoms with van der Waals surface area (Å²) < 4.78 is 7.96. The van der Waals surface area contributed by atoms with E-state index in [-0.39, 0.29) is 6.23 Å². The summed E-state index contributed by atoms with van der Waals surface area (Å²) in [6.45, 7) is 0.835. The molecule has 2 aromatic rings. The Hall–Kier alpha value is -1.06. The van der Waals surface area contributed by atoms with Crippen LogP contribution < -0.4 is 0 Å². The molecule has 2 aliphatic rings. The van der Waals surface area contributed by atoms with E-state index in [0.29, 0.717) is 5.92 Å². The molecule has 0 amide bonds. The molecule has 1 unspecified atom stereocenters. The highest BCUT2D eigenvalue weighted by Gasteiger charge is 2.23. The van der Waals surface area contributed by atoms with Gasteiger partial charge in [0, 0.05) is 17.0 Å². The first kappa shape index (κ1) is 14.5. The van der Waals surface area contributed by atoms with Gasteiger partial charge in [0.1, 0.15) is 0 Å². The monoisotopic (exact) mass is 318 g/mol. The fourth-order valence-electron chi connectivity index (χ4n) is 4.03. The van der Waals surface area contributed by atoms with Crippen molar-refractivity contribution in [2.45, 2.75) is 63.5 Å². The second-order valence-electron chi connectivity index (χ2n) is 6.67. The first-order valence-electron chi connectivity index (χ1n) is 8.61. The van der Waals surface area contributed by atoms with Gasteiger partial charge in [0.2, 0.25) is 0 Å². The molecule has 0 radical (unpaired) electrons. The Morgan fingerprint density at radius 1 is 1.05 bits per heavy atom. The summed E-state index contributed by atoms with van der Waals surface area (Å²) in [5.41, 5.74) is 2.53. The molecule has 1 atom stereocenters. The molecule has 2 fully saturated rings. The van der Waals surface area contributed by atoms with Gasteiger partial charge >= 0.3 is 0 Å². The fraction of sp³-hybridized carbons (Fsp3) is 0.611. The van der Waals surface area contributed by atoms with Crippen LogP contribution in [0.4, 0.5) is 0 Å². The zero-order valence-corrected chi connectivity index (χ0v) is 13.7. The minimum atomic E-state index is 0.0731. The van der Waals surface area contributed by atoms with E-state index in [1.807, 2.05) is 16.9 Å². The summed E-state index contributed by atoms with van der Waals surface area (Å²) in [7, 11) is 0. The highest BCUT2D eigenvalue weighted by Crippen LogP contribution is 2.39. The molecule has 1 saturated heterocycles. The van der Waals surface area contributed by atoms with E-state index in [9.17, 15) is 0 Å². The molecule has 2 heterocycles. The van der Waals surface area contributed by atoms with Crippen LogP contribution in [-0.4, -0.2) is 16.4 Å². The van der Waals surface area contributed by atoms with Crippen LogP contribution in [0.15, 0.2) is 18.3 Å². The SMILES string of the molecule is Clc1cc(C2CCCCC2)c2cnn(C3CCCCO3)c2c1. The quantitative estimate of drug-likeness (QED) is 0.737. The number of aromatic nitrogens is 2. The first-order chi connectivity index (χ1) is 10.8. The van der Waals surface area contributed by atoms with E-state index in [1.54, 1.807) is 0 Å². The normalized spacial score (nSPS) is 24.0. The van der Waals surface area contributed by atoms with Crippen molar-refractivity contribution in [3.63, 3.8) is 0 Å². The molecule has 118 valence electrons. The van der Waals surface area contributed by atoms with Gasteiger partial charge in [-0.3, -0.25) is 0 Å².